The van der Waals surface area contributed by atoms with Crippen LogP contribution in [0.5, 0.6) is 5.75 Å². The van der Waals surface area contributed by atoms with Crippen LogP contribution in [0.3, 0.4) is 0 Å². The Hall–Kier alpha value is -1.59. The van der Waals surface area contributed by atoms with Crippen LogP contribution in [-0.2, 0) is 14.9 Å². The summed E-state index contributed by atoms with van der Waals surface area (Å²) in [7, 11) is 3.23. The number of hydrogen-bond acceptors (Lipinski definition) is 4. The molecule has 1 atom stereocenters. The van der Waals surface area contributed by atoms with Gasteiger partial charge in [-0.05, 0) is 18.9 Å². The van der Waals surface area contributed by atoms with Crippen molar-refractivity contribution >= 4 is 5.91 Å². The van der Waals surface area contributed by atoms with E-state index in [9.17, 15) is 4.79 Å². The van der Waals surface area contributed by atoms with Gasteiger partial charge in [0.15, 0.2) is 0 Å². The average Bonchev–Trinajstić information content (AvgIpc) is 3.02. The van der Waals surface area contributed by atoms with E-state index >= 15 is 0 Å². The second kappa shape index (κ2) is 7.61. The van der Waals surface area contributed by atoms with Crippen LogP contribution in [0.25, 0.3) is 0 Å². The Morgan fingerprint density at radius 2 is 2.00 bits per heavy atom. The van der Waals surface area contributed by atoms with E-state index in [0.29, 0.717) is 6.54 Å². The zero-order chi connectivity index (χ0) is 16.0. The Balaban J connectivity index is 2.14. The molecule has 122 valence electrons. The standard InChI is InChI=1S/C17H26N2O3/c1-21-11-14(18)16(20)19-12-17(9-5-6-10-17)13-7-3-4-8-15(13)22-2/h3-4,7-8,14H,5-6,9-12,18H2,1-2H3,(H,19,20). The van der Waals surface area contributed by atoms with Gasteiger partial charge in [-0.1, -0.05) is 31.0 Å². The first-order valence-corrected chi connectivity index (χ1v) is 7.79. The molecule has 0 radical (unpaired) electrons. The Morgan fingerprint density at radius 3 is 2.64 bits per heavy atom. The Labute approximate surface area is 132 Å². The third kappa shape index (κ3) is 3.59. The molecule has 3 N–H and O–H groups in total. The molecule has 0 heterocycles. The molecule has 1 aliphatic rings. The largest absolute Gasteiger partial charge is 0.496 e. The van der Waals surface area contributed by atoms with Crippen molar-refractivity contribution in [3.8, 4) is 5.75 Å². The van der Waals surface area contributed by atoms with Crippen LogP contribution in [0, 0.1) is 0 Å². The first-order valence-electron chi connectivity index (χ1n) is 7.79. The zero-order valence-corrected chi connectivity index (χ0v) is 13.4. The van der Waals surface area contributed by atoms with E-state index in [0.717, 1.165) is 31.4 Å². The van der Waals surface area contributed by atoms with Crippen LogP contribution < -0.4 is 15.8 Å². The fourth-order valence-electron chi connectivity index (χ4n) is 3.32. The molecule has 1 aromatic rings. The molecule has 5 heteroatoms. The van der Waals surface area contributed by atoms with Crippen LogP contribution in [0.2, 0.25) is 0 Å². The molecule has 0 aromatic heterocycles. The van der Waals surface area contributed by atoms with E-state index < -0.39 is 6.04 Å². The number of carbonyl (C=O) groups excluding carboxylic acids is 1. The van der Waals surface area contributed by atoms with Crippen molar-refractivity contribution in [2.45, 2.75) is 37.1 Å². The number of methoxy groups -OCH3 is 2. The Morgan fingerprint density at radius 1 is 1.32 bits per heavy atom. The molecule has 1 aromatic carbocycles. The second-order valence-electron chi connectivity index (χ2n) is 5.97. The van der Waals surface area contributed by atoms with Crippen LogP contribution >= 0.6 is 0 Å². The first-order chi connectivity index (χ1) is 10.6. The number of ether oxygens (including phenoxy) is 2. The predicted octanol–water partition coefficient (Wildman–Crippen LogP) is 1.60. The molecule has 1 saturated carbocycles. The molecule has 1 amide bonds. The maximum absolute atomic E-state index is 12.1. The minimum absolute atomic E-state index is 0.0605. The van der Waals surface area contributed by atoms with Gasteiger partial charge in [-0.2, -0.15) is 0 Å². The molecule has 5 nitrogen and oxygen atoms in total. The SMILES string of the molecule is COCC(N)C(=O)NCC1(c2ccccc2OC)CCCC1. The van der Waals surface area contributed by atoms with E-state index in [1.807, 2.05) is 18.2 Å². The number of nitrogens with one attached hydrogen (secondary N) is 1. The summed E-state index contributed by atoms with van der Waals surface area (Å²) in [6, 6.07) is 7.45. The fraction of sp³-hybridized carbons (Fsp3) is 0.588. The summed E-state index contributed by atoms with van der Waals surface area (Å²) in [6.45, 7) is 0.817. The Kier molecular flexibility index (Phi) is 5.80. The summed E-state index contributed by atoms with van der Waals surface area (Å²) >= 11 is 0. The molecular formula is C17H26N2O3. The summed E-state index contributed by atoms with van der Waals surface area (Å²) in [5.74, 6) is 0.725. The lowest BCUT2D eigenvalue weighted by Gasteiger charge is -2.31. The van der Waals surface area contributed by atoms with Gasteiger partial charge in [-0.15, -0.1) is 0 Å². The molecule has 0 aliphatic heterocycles. The van der Waals surface area contributed by atoms with Crippen molar-refractivity contribution in [2.75, 3.05) is 27.4 Å². The maximum Gasteiger partial charge on any atom is 0.239 e. The van der Waals surface area contributed by atoms with Crippen LogP contribution in [0.15, 0.2) is 24.3 Å². The molecular weight excluding hydrogens is 280 g/mol. The highest BCUT2D eigenvalue weighted by atomic mass is 16.5. The minimum atomic E-state index is -0.624. The number of carbonyl (C=O) groups is 1. The van der Waals surface area contributed by atoms with Crippen molar-refractivity contribution in [2.24, 2.45) is 5.73 Å². The van der Waals surface area contributed by atoms with Gasteiger partial charge in [0, 0.05) is 24.6 Å². The number of hydrogen-bond donors (Lipinski definition) is 2. The Bertz CT molecular complexity index is 498. The summed E-state index contributed by atoms with van der Waals surface area (Å²) in [5.41, 5.74) is 6.90. The van der Waals surface area contributed by atoms with Crippen molar-refractivity contribution in [3.05, 3.63) is 29.8 Å². The van der Waals surface area contributed by atoms with E-state index in [2.05, 4.69) is 11.4 Å². The maximum atomic E-state index is 12.1. The lowest BCUT2D eigenvalue weighted by Crippen LogP contribution is -2.48. The van der Waals surface area contributed by atoms with Crippen LogP contribution in [0.1, 0.15) is 31.2 Å². The normalized spacial score (nSPS) is 18.0. The van der Waals surface area contributed by atoms with Crippen LogP contribution in [-0.4, -0.2) is 39.3 Å². The smallest absolute Gasteiger partial charge is 0.239 e. The lowest BCUT2D eigenvalue weighted by molar-refractivity contribution is -0.123. The van der Waals surface area contributed by atoms with E-state index in [-0.39, 0.29) is 17.9 Å². The molecule has 0 spiro atoms. The van der Waals surface area contributed by atoms with Gasteiger partial charge in [-0.3, -0.25) is 4.79 Å². The number of para-hydroxylation sites is 1. The third-order valence-electron chi connectivity index (χ3n) is 4.52. The van der Waals surface area contributed by atoms with Gasteiger partial charge < -0.3 is 20.5 Å². The van der Waals surface area contributed by atoms with Gasteiger partial charge in [0.25, 0.3) is 0 Å². The van der Waals surface area contributed by atoms with E-state index in [1.54, 1.807) is 14.2 Å². The van der Waals surface area contributed by atoms with Gasteiger partial charge in [0.1, 0.15) is 11.8 Å². The summed E-state index contributed by atoms with van der Waals surface area (Å²) < 4.78 is 10.5. The van der Waals surface area contributed by atoms with E-state index in [4.69, 9.17) is 15.2 Å². The second-order valence-corrected chi connectivity index (χ2v) is 5.97. The zero-order valence-electron chi connectivity index (χ0n) is 13.4. The molecule has 1 unspecified atom stereocenters. The highest BCUT2D eigenvalue weighted by Crippen LogP contribution is 2.44. The van der Waals surface area contributed by atoms with Gasteiger partial charge in [0.2, 0.25) is 5.91 Å². The number of nitrogens with two attached hydrogens (primary N) is 1. The highest BCUT2D eigenvalue weighted by molar-refractivity contribution is 5.81. The monoisotopic (exact) mass is 306 g/mol. The van der Waals surface area contributed by atoms with Crippen molar-refractivity contribution in [1.29, 1.82) is 0 Å². The van der Waals surface area contributed by atoms with Crippen molar-refractivity contribution in [1.82, 2.24) is 5.32 Å². The average molecular weight is 306 g/mol. The summed E-state index contributed by atoms with van der Waals surface area (Å²) in [4.78, 5) is 12.1. The van der Waals surface area contributed by atoms with Gasteiger partial charge in [-0.25, -0.2) is 0 Å². The summed E-state index contributed by atoms with van der Waals surface area (Å²) in [6.07, 6.45) is 4.43. The highest BCUT2D eigenvalue weighted by Gasteiger charge is 2.38. The molecule has 0 bridgehead atoms. The third-order valence-corrected chi connectivity index (χ3v) is 4.52. The molecule has 0 saturated heterocycles. The number of benzene rings is 1. The van der Waals surface area contributed by atoms with Gasteiger partial charge in [0.05, 0.1) is 13.7 Å². The molecule has 22 heavy (non-hydrogen) atoms. The first kappa shape index (κ1) is 16.8. The predicted molar refractivity (Wildman–Crippen MR) is 86.0 cm³/mol. The topological polar surface area (TPSA) is 73.6 Å². The minimum Gasteiger partial charge on any atom is -0.496 e. The number of rotatable bonds is 7. The van der Waals surface area contributed by atoms with Crippen LogP contribution in [0.4, 0.5) is 0 Å². The fourth-order valence-corrected chi connectivity index (χ4v) is 3.32. The quantitative estimate of drug-likeness (QED) is 0.802. The molecule has 2 rings (SSSR count). The summed E-state index contributed by atoms with van der Waals surface area (Å²) in [5, 5.41) is 3.00. The molecule has 1 aliphatic carbocycles. The lowest BCUT2D eigenvalue weighted by atomic mass is 9.78. The van der Waals surface area contributed by atoms with E-state index in [1.165, 1.54) is 5.56 Å². The van der Waals surface area contributed by atoms with Gasteiger partial charge >= 0.3 is 0 Å². The van der Waals surface area contributed by atoms with Crippen molar-refractivity contribution in [3.63, 3.8) is 0 Å². The number of amides is 1. The molecule has 1 fully saturated rings. The van der Waals surface area contributed by atoms with Crippen molar-refractivity contribution < 1.29 is 14.3 Å².